The summed E-state index contributed by atoms with van der Waals surface area (Å²) in [5.41, 5.74) is 5.64. The van der Waals surface area contributed by atoms with E-state index in [2.05, 4.69) is 15.9 Å². The van der Waals surface area contributed by atoms with Gasteiger partial charge in [0, 0.05) is 24.0 Å². The second-order valence-electron chi connectivity index (χ2n) is 5.92. The van der Waals surface area contributed by atoms with Crippen molar-refractivity contribution in [2.45, 2.75) is 56.0 Å². The standard InChI is InChI=1S/C14H21BrN2O2S2/c15-14-13(8-11(9-16)20-14)21(18,19)17-7-3-6-12(17)10-4-1-2-5-10/h8,10,12H,1-7,9,16H2. The molecule has 1 aliphatic carbocycles. The Labute approximate surface area is 138 Å². The Hall–Kier alpha value is 0.0500. The van der Waals surface area contributed by atoms with Crippen molar-refractivity contribution in [1.29, 1.82) is 0 Å². The summed E-state index contributed by atoms with van der Waals surface area (Å²) in [5, 5.41) is 0. The molecule has 0 bridgehead atoms. The molecule has 0 amide bonds. The fourth-order valence-electron chi connectivity index (χ4n) is 3.68. The highest BCUT2D eigenvalue weighted by molar-refractivity contribution is 9.11. The van der Waals surface area contributed by atoms with Gasteiger partial charge in [-0.25, -0.2) is 8.42 Å². The molecular weight excluding hydrogens is 372 g/mol. The zero-order chi connectivity index (χ0) is 15.0. The van der Waals surface area contributed by atoms with E-state index < -0.39 is 10.0 Å². The molecule has 0 radical (unpaired) electrons. The maximum absolute atomic E-state index is 13.0. The van der Waals surface area contributed by atoms with Crippen molar-refractivity contribution >= 4 is 37.3 Å². The van der Waals surface area contributed by atoms with Gasteiger partial charge in [0.05, 0.1) is 3.79 Å². The minimum absolute atomic E-state index is 0.200. The van der Waals surface area contributed by atoms with Crippen molar-refractivity contribution in [2.24, 2.45) is 11.7 Å². The fourth-order valence-corrected chi connectivity index (χ4v) is 7.95. The Morgan fingerprint density at radius 2 is 2.00 bits per heavy atom. The van der Waals surface area contributed by atoms with E-state index in [-0.39, 0.29) is 6.04 Å². The summed E-state index contributed by atoms with van der Waals surface area (Å²) in [4.78, 5) is 1.30. The Morgan fingerprint density at radius 3 is 2.62 bits per heavy atom. The van der Waals surface area contributed by atoms with Gasteiger partial charge in [0.15, 0.2) is 0 Å². The molecule has 7 heteroatoms. The molecule has 3 rings (SSSR count). The third-order valence-corrected chi connectivity index (χ3v) is 8.89. The molecule has 118 valence electrons. The van der Waals surface area contributed by atoms with Crippen LogP contribution in [-0.4, -0.2) is 25.3 Å². The van der Waals surface area contributed by atoms with E-state index in [1.807, 2.05) is 0 Å². The van der Waals surface area contributed by atoms with Crippen LogP contribution in [-0.2, 0) is 16.6 Å². The Morgan fingerprint density at radius 1 is 1.29 bits per heavy atom. The molecular formula is C14H21BrN2O2S2. The van der Waals surface area contributed by atoms with Crippen LogP contribution in [0.4, 0.5) is 0 Å². The van der Waals surface area contributed by atoms with Crippen LogP contribution < -0.4 is 5.73 Å². The molecule has 0 aromatic carbocycles. The molecule has 2 aliphatic rings. The van der Waals surface area contributed by atoms with E-state index in [0.717, 1.165) is 17.7 Å². The second-order valence-corrected chi connectivity index (χ2v) is 10.2. The summed E-state index contributed by atoms with van der Waals surface area (Å²) < 4.78 is 28.5. The summed E-state index contributed by atoms with van der Waals surface area (Å²) in [6, 6.07) is 1.93. The van der Waals surface area contributed by atoms with Crippen LogP contribution in [0.15, 0.2) is 14.7 Å². The first-order valence-electron chi connectivity index (χ1n) is 7.54. The predicted octanol–water partition coefficient (Wildman–Crippen LogP) is 3.31. The SMILES string of the molecule is NCc1cc(S(=O)(=O)N2CCCC2C2CCCC2)c(Br)s1. The van der Waals surface area contributed by atoms with E-state index in [4.69, 9.17) is 5.73 Å². The molecule has 2 fully saturated rings. The van der Waals surface area contributed by atoms with Gasteiger partial charge in [-0.3, -0.25) is 0 Å². The third-order valence-electron chi connectivity index (χ3n) is 4.69. The molecule has 1 atom stereocenters. The molecule has 1 saturated carbocycles. The van der Waals surface area contributed by atoms with E-state index in [1.54, 1.807) is 10.4 Å². The summed E-state index contributed by atoms with van der Waals surface area (Å²) in [7, 11) is -3.40. The monoisotopic (exact) mass is 392 g/mol. The second kappa shape index (κ2) is 6.28. The van der Waals surface area contributed by atoms with Crippen molar-refractivity contribution in [3.63, 3.8) is 0 Å². The van der Waals surface area contributed by atoms with E-state index in [9.17, 15) is 8.42 Å². The smallest absolute Gasteiger partial charge is 0.245 e. The first-order valence-corrected chi connectivity index (χ1v) is 10.6. The molecule has 4 nitrogen and oxygen atoms in total. The van der Waals surface area contributed by atoms with Gasteiger partial charge in [0.2, 0.25) is 10.0 Å². The van der Waals surface area contributed by atoms with Gasteiger partial charge >= 0.3 is 0 Å². The summed E-state index contributed by atoms with van der Waals surface area (Å²) in [6.07, 6.45) is 6.83. The number of hydrogen-bond donors (Lipinski definition) is 1. The number of sulfonamides is 1. The topological polar surface area (TPSA) is 63.4 Å². The van der Waals surface area contributed by atoms with Crippen molar-refractivity contribution < 1.29 is 8.42 Å². The molecule has 1 saturated heterocycles. The number of hydrogen-bond acceptors (Lipinski definition) is 4. The molecule has 21 heavy (non-hydrogen) atoms. The highest BCUT2D eigenvalue weighted by Crippen LogP contribution is 2.40. The number of halogens is 1. The number of nitrogens with two attached hydrogens (primary N) is 1. The van der Waals surface area contributed by atoms with Gasteiger partial charge in [-0.15, -0.1) is 11.3 Å². The van der Waals surface area contributed by atoms with Crippen LogP contribution in [0.3, 0.4) is 0 Å². The van der Waals surface area contributed by atoms with Crippen molar-refractivity contribution in [1.82, 2.24) is 4.31 Å². The maximum atomic E-state index is 13.0. The van der Waals surface area contributed by atoms with Gasteiger partial charge in [0.25, 0.3) is 0 Å². The van der Waals surface area contributed by atoms with Crippen LogP contribution in [0.2, 0.25) is 0 Å². The number of nitrogens with zero attached hydrogens (tertiary/aromatic N) is 1. The third kappa shape index (κ3) is 2.95. The van der Waals surface area contributed by atoms with Crippen LogP contribution >= 0.6 is 27.3 Å². The lowest BCUT2D eigenvalue weighted by molar-refractivity contribution is 0.288. The van der Waals surface area contributed by atoms with Crippen LogP contribution in [0.5, 0.6) is 0 Å². The number of rotatable bonds is 4. The average Bonchev–Trinajstić information content (AvgIpc) is 3.18. The predicted molar refractivity (Wildman–Crippen MR) is 88.8 cm³/mol. The number of thiophene rings is 1. The largest absolute Gasteiger partial charge is 0.326 e. The molecule has 1 unspecified atom stereocenters. The highest BCUT2D eigenvalue weighted by Gasteiger charge is 2.41. The van der Waals surface area contributed by atoms with Gasteiger partial charge < -0.3 is 5.73 Å². The van der Waals surface area contributed by atoms with Gasteiger partial charge in [-0.1, -0.05) is 12.8 Å². The maximum Gasteiger partial charge on any atom is 0.245 e. The first-order chi connectivity index (χ1) is 10.0. The molecule has 0 spiro atoms. The van der Waals surface area contributed by atoms with Gasteiger partial charge in [-0.2, -0.15) is 4.31 Å². The normalized spacial score (nSPS) is 25.0. The van der Waals surface area contributed by atoms with E-state index >= 15 is 0 Å². The van der Waals surface area contributed by atoms with E-state index in [0.29, 0.717) is 27.7 Å². The van der Waals surface area contributed by atoms with Crippen LogP contribution in [0.1, 0.15) is 43.4 Å². The Kier molecular flexibility index (Phi) is 4.76. The quantitative estimate of drug-likeness (QED) is 0.854. The molecule has 1 aliphatic heterocycles. The average molecular weight is 393 g/mol. The van der Waals surface area contributed by atoms with Gasteiger partial charge in [-0.05, 0) is 53.6 Å². The van der Waals surface area contributed by atoms with E-state index in [1.165, 1.54) is 37.0 Å². The molecule has 2 N–H and O–H groups in total. The summed E-state index contributed by atoms with van der Waals surface area (Å²) >= 11 is 4.82. The van der Waals surface area contributed by atoms with Gasteiger partial charge in [0.1, 0.15) is 4.90 Å². The Bertz CT molecular complexity index is 608. The highest BCUT2D eigenvalue weighted by atomic mass is 79.9. The molecule has 2 heterocycles. The molecule has 1 aromatic rings. The zero-order valence-electron chi connectivity index (χ0n) is 11.9. The molecule has 1 aromatic heterocycles. The first kappa shape index (κ1) is 15.9. The lowest BCUT2D eigenvalue weighted by Crippen LogP contribution is -2.39. The van der Waals surface area contributed by atoms with Crippen molar-refractivity contribution in [3.8, 4) is 0 Å². The lowest BCUT2D eigenvalue weighted by Gasteiger charge is -2.28. The Balaban J connectivity index is 1.90. The minimum Gasteiger partial charge on any atom is -0.326 e. The zero-order valence-corrected chi connectivity index (χ0v) is 15.1. The van der Waals surface area contributed by atoms with Crippen LogP contribution in [0.25, 0.3) is 0 Å². The summed E-state index contributed by atoms with van der Waals surface area (Å²) in [5.74, 6) is 0.550. The lowest BCUT2D eigenvalue weighted by atomic mass is 9.97. The van der Waals surface area contributed by atoms with Crippen molar-refractivity contribution in [2.75, 3.05) is 6.54 Å². The van der Waals surface area contributed by atoms with Crippen LogP contribution in [0, 0.1) is 5.92 Å². The minimum atomic E-state index is -3.40. The van der Waals surface area contributed by atoms with Crippen molar-refractivity contribution in [3.05, 3.63) is 14.7 Å². The fraction of sp³-hybridized carbons (Fsp3) is 0.714. The summed E-state index contributed by atoms with van der Waals surface area (Å²) in [6.45, 7) is 1.04.